The molecule has 0 aliphatic carbocycles. The molecule has 0 bridgehead atoms. The molecule has 2 unspecified atom stereocenters. The molecule has 0 spiro atoms. The van der Waals surface area contributed by atoms with Crippen LogP contribution in [0.3, 0.4) is 0 Å². The summed E-state index contributed by atoms with van der Waals surface area (Å²) >= 11 is 0. The number of aryl methyl sites for hydroxylation is 1. The Morgan fingerprint density at radius 3 is 2.44 bits per heavy atom. The fraction of sp³-hybridized carbons (Fsp3) is 0.364. The summed E-state index contributed by atoms with van der Waals surface area (Å²) < 4.78 is 5.84. The molecule has 0 saturated carbocycles. The van der Waals surface area contributed by atoms with Crippen molar-refractivity contribution in [2.75, 3.05) is 0 Å². The molecule has 2 rings (SSSR count). The largest absolute Gasteiger partial charge is 0.481 e. The Morgan fingerprint density at radius 2 is 1.78 bits per heavy atom. The van der Waals surface area contributed by atoms with E-state index in [1.165, 1.54) is 0 Å². The highest BCUT2D eigenvalue weighted by Crippen LogP contribution is 2.22. The minimum atomic E-state index is -0.873. The van der Waals surface area contributed by atoms with Crippen molar-refractivity contribution in [1.82, 2.24) is 5.32 Å². The molecule has 0 fully saturated rings. The number of rotatable bonds is 9. The number of nitrogens with one attached hydrogen (secondary N) is 1. The molecule has 2 aromatic carbocycles. The van der Waals surface area contributed by atoms with E-state index in [2.05, 4.69) is 5.32 Å². The van der Waals surface area contributed by atoms with E-state index in [4.69, 9.17) is 9.84 Å². The van der Waals surface area contributed by atoms with Crippen molar-refractivity contribution in [1.29, 1.82) is 0 Å². The van der Waals surface area contributed by atoms with Gasteiger partial charge in [-0.25, -0.2) is 0 Å². The Kier molecular flexibility index (Phi) is 7.41. The average molecular weight is 369 g/mol. The van der Waals surface area contributed by atoms with Crippen molar-refractivity contribution in [3.05, 3.63) is 65.2 Å². The van der Waals surface area contributed by atoms with Crippen LogP contribution < -0.4 is 10.1 Å². The van der Waals surface area contributed by atoms with Crippen LogP contribution in [0.5, 0.6) is 5.75 Å². The number of carbonyl (C=O) groups excluding carboxylic acids is 1. The van der Waals surface area contributed by atoms with Crippen molar-refractivity contribution in [3.8, 4) is 5.75 Å². The summed E-state index contributed by atoms with van der Waals surface area (Å²) in [6.45, 7) is 5.66. The average Bonchev–Trinajstić information content (AvgIpc) is 2.64. The lowest BCUT2D eigenvalue weighted by Crippen LogP contribution is -2.43. The number of carbonyl (C=O) groups is 2. The molecule has 144 valence electrons. The standard InChI is InChI=1S/C22H27NO4/c1-15-8-7-11-20(16(15)2)27-17(3)22(26)23-19(12-13-21(24)25)14-18-9-5-4-6-10-18/h4-11,17,19H,12-14H2,1-3H3,(H,23,26)(H,24,25). The number of aliphatic carboxylic acids is 1. The third-order valence-corrected chi connectivity index (χ3v) is 4.61. The van der Waals surface area contributed by atoms with Crippen molar-refractivity contribution in [3.63, 3.8) is 0 Å². The van der Waals surface area contributed by atoms with Crippen LogP contribution in [0.4, 0.5) is 0 Å². The number of hydrogen-bond acceptors (Lipinski definition) is 3. The number of carboxylic acids is 1. The number of hydrogen-bond donors (Lipinski definition) is 2. The summed E-state index contributed by atoms with van der Waals surface area (Å²) in [4.78, 5) is 23.6. The first-order chi connectivity index (χ1) is 12.9. The lowest BCUT2D eigenvalue weighted by molar-refractivity contribution is -0.137. The van der Waals surface area contributed by atoms with Gasteiger partial charge in [-0.1, -0.05) is 42.5 Å². The summed E-state index contributed by atoms with van der Waals surface area (Å²) in [6.07, 6.45) is 0.278. The molecule has 0 aliphatic heterocycles. The first kappa shape index (κ1) is 20.5. The molecule has 0 heterocycles. The second kappa shape index (κ2) is 9.76. The Morgan fingerprint density at radius 1 is 1.07 bits per heavy atom. The number of amides is 1. The molecule has 1 amide bonds. The van der Waals surface area contributed by atoms with Gasteiger partial charge in [0.25, 0.3) is 5.91 Å². The SMILES string of the molecule is Cc1cccc(OC(C)C(=O)NC(CCC(=O)O)Cc2ccccc2)c1C. The first-order valence-electron chi connectivity index (χ1n) is 9.15. The topological polar surface area (TPSA) is 75.6 Å². The smallest absolute Gasteiger partial charge is 0.303 e. The second-order valence-corrected chi connectivity index (χ2v) is 6.79. The molecule has 0 radical (unpaired) electrons. The monoisotopic (exact) mass is 369 g/mol. The van der Waals surface area contributed by atoms with Crippen molar-refractivity contribution in [2.24, 2.45) is 0 Å². The highest BCUT2D eigenvalue weighted by Gasteiger charge is 2.21. The molecule has 27 heavy (non-hydrogen) atoms. The Bertz CT molecular complexity index is 773. The Hall–Kier alpha value is -2.82. The zero-order valence-electron chi connectivity index (χ0n) is 16.1. The fourth-order valence-electron chi connectivity index (χ4n) is 2.84. The van der Waals surface area contributed by atoms with Gasteiger partial charge in [0.1, 0.15) is 5.75 Å². The first-order valence-corrected chi connectivity index (χ1v) is 9.15. The van der Waals surface area contributed by atoms with E-state index < -0.39 is 12.1 Å². The molecule has 0 saturated heterocycles. The maximum atomic E-state index is 12.6. The van der Waals surface area contributed by atoms with Gasteiger partial charge in [-0.15, -0.1) is 0 Å². The molecule has 5 nitrogen and oxygen atoms in total. The van der Waals surface area contributed by atoms with E-state index in [1.807, 2.05) is 62.4 Å². The van der Waals surface area contributed by atoms with E-state index in [0.29, 0.717) is 18.6 Å². The van der Waals surface area contributed by atoms with Gasteiger partial charge in [0.15, 0.2) is 6.10 Å². The van der Waals surface area contributed by atoms with Crippen LogP contribution >= 0.6 is 0 Å². The maximum absolute atomic E-state index is 12.6. The van der Waals surface area contributed by atoms with Crippen molar-refractivity contribution < 1.29 is 19.4 Å². The Labute approximate surface area is 160 Å². The van der Waals surface area contributed by atoms with Crippen molar-refractivity contribution >= 4 is 11.9 Å². The van der Waals surface area contributed by atoms with Crippen LogP contribution in [-0.2, 0) is 16.0 Å². The van der Waals surface area contributed by atoms with Crippen molar-refractivity contribution in [2.45, 2.75) is 52.2 Å². The van der Waals surface area contributed by atoms with Gasteiger partial charge in [-0.3, -0.25) is 9.59 Å². The molecule has 2 N–H and O–H groups in total. The minimum absolute atomic E-state index is 0.00397. The molecule has 0 aromatic heterocycles. The van der Waals surface area contributed by atoms with Crippen LogP contribution in [0.1, 0.15) is 36.5 Å². The van der Waals surface area contributed by atoms with Gasteiger partial charge in [0.05, 0.1) is 0 Å². The zero-order valence-corrected chi connectivity index (χ0v) is 16.1. The zero-order chi connectivity index (χ0) is 19.8. The maximum Gasteiger partial charge on any atom is 0.303 e. The predicted octanol–water partition coefficient (Wildman–Crippen LogP) is 3.66. The van der Waals surface area contributed by atoms with Crippen LogP contribution in [0.25, 0.3) is 0 Å². The van der Waals surface area contributed by atoms with Crippen LogP contribution in [0.15, 0.2) is 48.5 Å². The number of carboxylic acid groups (broad SMARTS) is 1. The number of benzene rings is 2. The predicted molar refractivity (Wildman–Crippen MR) is 105 cm³/mol. The van der Waals surface area contributed by atoms with E-state index >= 15 is 0 Å². The third kappa shape index (κ3) is 6.44. The Balaban J connectivity index is 2.02. The van der Waals surface area contributed by atoms with Gasteiger partial charge in [0.2, 0.25) is 0 Å². The summed E-state index contributed by atoms with van der Waals surface area (Å²) in [7, 11) is 0. The summed E-state index contributed by atoms with van der Waals surface area (Å²) in [6, 6.07) is 15.2. The van der Waals surface area contributed by atoms with Crippen LogP contribution in [0, 0.1) is 13.8 Å². The molecule has 2 aromatic rings. The van der Waals surface area contributed by atoms with E-state index in [-0.39, 0.29) is 18.4 Å². The lowest BCUT2D eigenvalue weighted by Gasteiger charge is -2.22. The summed E-state index contributed by atoms with van der Waals surface area (Å²) in [5.41, 5.74) is 3.16. The lowest BCUT2D eigenvalue weighted by atomic mass is 10.0. The molecular formula is C22H27NO4. The highest BCUT2D eigenvalue weighted by atomic mass is 16.5. The fourth-order valence-corrected chi connectivity index (χ4v) is 2.84. The van der Waals surface area contributed by atoms with Gasteiger partial charge in [0, 0.05) is 12.5 Å². The highest BCUT2D eigenvalue weighted by molar-refractivity contribution is 5.81. The second-order valence-electron chi connectivity index (χ2n) is 6.79. The molecule has 5 heteroatoms. The molecule has 2 atom stereocenters. The van der Waals surface area contributed by atoms with Crippen LogP contribution in [0.2, 0.25) is 0 Å². The van der Waals surface area contributed by atoms with Gasteiger partial charge in [-0.05, 0) is 56.4 Å². The number of ether oxygens (including phenoxy) is 1. The van der Waals surface area contributed by atoms with Crippen LogP contribution in [-0.4, -0.2) is 29.1 Å². The minimum Gasteiger partial charge on any atom is -0.481 e. The van der Waals surface area contributed by atoms with Gasteiger partial charge in [-0.2, -0.15) is 0 Å². The van der Waals surface area contributed by atoms with E-state index in [1.54, 1.807) is 6.92 Å². The third-order valence-electron chi connectivity index (χ3n) is 4.61. The molecular weight excluding hydrogens is 342 g/mol. The van der Waals surface area contributed by atoms with E-state index in [9.17, 15) is 9.59 Å². The summed E-state index contributed by atoms with van der Waals surface area (Å²) in [5, 5.41) is 11.9. The molecule has 0 aliphatic rings. The van der Waals surface area contributed by atoms with E-state index in [0.717, 1.165) is 16.7 Å². The summed E-state index contributed by atoms with van der Waals surface area (Å²) in [5.74, 6) is -0.438. The normalized spacial score (nSPS) is 12.9. The van der Waals surface area contributed by atoms with Gasteiger partial charge < -0.3 is 15.2 Å². The van der Waals surface area contributed by atoms with Gasteiger partial charge >= 0.3 is 5.97 Å². The quantitative estimate of drug-likeness (QED) is 0.707.